The van der Waals surface area contributed by atoms with Crippen molar-refractivity contribution in [2.75, 3.05) is 20.2 Å². The minimum atomic E-state index is -3.95. The Morgan fingerprint density at radius 3 is 2.76 bits per heavy atom. The fraction of sp³-hybridized carbons (Fsp3) is 0.500. The van der Waals surface area contributed by atoms with E-state index in [1.807, 2.05) is 0 Å². The number of β-amino-alcohol motifs (C(OH)–C–C–N with tert-alkyl or cyclic N) is 1. The molecule has 1 aromatic carbocycles. The summed E-state index contributed by atoms with van der Waals surface area (Å²) in [5.41, 5.74) is -0.327. The number of benzene rings is 1. The highest BCUT2D eigenvalue weighted by molar-refractivity contribution is 7.89. The maximum atomic E-state index is 12.6. The molecule has 0 bridgehead atoms. The summed E-state index contributed by atoms with van der Waals surface area (Å²) in [7, 11) is -2.65. The van der Waals surface area contributed by atoms with Crippen LogP contribution in [0, 0.1) is 10.1 Å². The zero-order valence-corrected chi connectivity index (χ0v) is 12.2. The molecule has 8 nitrogen and oxygen atoms in total. The highest BCUT2D eigenvalue weighted by Crippen LogP contribution is 2.31. The van der Waals surface area contributed by atoms with Gasteiger partial charge in [-0.3, -0.25) is 10.1 Å². The van der Waals surface area contributed by atoms with Gasteiger partial charge in [-0.25, -0.2) is 8.42 Å². The maximum absolute atomic E-state index is 12.6. The van der Waals surface area contributed by atoms with Crippen molar-refractivity contribution in [3.05, 3.63) is 28.3 Å². The molecule has 0 radical (unpaired) electrons. The van der Waals surface area contributed by atoms with Gasteiger partial charge in [-0.1, -0.05) is 0 Å². The molecule has 1 aliphatic rings. The van der Waals surface area contributed by atoms with Gasteiger partial charge in [0.15, 0.2) is 0 Å². The second-order valence-corrected chi connectivity index (χ2v) is 6.66. The van der Waals surface area contributed by atoms with Gasteiger partial charge in [-0.15, -0.1) is 0 Å². The van der Waals surface area contributed by atoms with Crippen LogP contribution in [0.2, 0.25) is 0 Å². The van der Waals surface area contributed by atoms with E-state index >= 15 is 0 Å². The molecule has 1 N–H and O–H groups in total. The number of rotatable bonds is 4. The van der Waals surface area contributed by atoms with Gasteiger partial charge in [-0.2, -0.15) is 4.31 Å². The highest BCUT2D eigenvalue weighted by Gasteiger charge is 2.32. The van der Waals surface area contributed by atoms with Crippen molar-refractivity contribution in [3.63, 3.8) is 0 Å². The predicted octanol–water partition coefficient (Wildman–Crippen LogP) is 0.749. The Kier molecular flexibility index (Phi) is 4.45. The molecule has 1 aliphatic heterocycles. The number of aliphatic hydroxyl groups is 1. The SMILES string of the molecule is COc1ccc([N+](=O)[O-])cc1S(=O)(=O)N1CCC[C@H](O)C1. The van der Waals surface area contributed by atoms with Crippen molar-refractivity contribution < 1.29 is 23.2 Å². The minimum absolute atomic E-state index is 0.0197. The lowest BCUT2D eigenvalue weighted by atomic mass is 10.1. The maximum Gasteiger partial charge on any atom is 0.271 e. The first kappa shape index (κ1) is 15.7. The number of methoxy groups -OCH3 is 1. The summed E-state index contributed by atoms with van der Waals surface area (Å²) in [6.45, 7) is 0.249. The number of nitro benzene ring substituents is 1. The number of ether oxygens (including phenoxy) is 1. The number of non-ortho nitro benzene ring substituents is 1. The van der Waals surface area contributed by atoms with Crippen LogP contribution in [0.5, 0.6) is 5.75 Å². The fourth-order valence-electron chi connectivity index (χ4n) is 2.26. The van der Waals surface area contributed by atoms with Gasteiger partial charge in [0.25, 0.3) is 5.69 Å². The summed E-state index contributed by atoms with van der Waals surface area (Å²) in [5.74, 6) is 0.0423. The largest absolute Gasteiger partial charge is 0.495 e. The minimum Gasteiger partial charge on any atom is -0.495 e. The second kappa shape index (κ2) is 5.96. The lowest BCUT2D eigenvalue weighted by Gasteiger charge is -2.29. The number of sulfonamides is 1. The summed E-state index contributed by atoms with van der Waals surface area (Å²) < 4.78 is 31.3. The van der Waals surface area contributed by atoms with Crippen LogP contribution in [-0.2, 0) is 10.0 Å². The lowest BCUT2D eigenvalue weighted by molar-refractivity contribution is -0.385. The Morgan fingerprint density at radius 2 is 2.19 bits per heavy atom. The average Bonchev–Trinajstić information content (AvgIpc) is 2.46. The van der Waals surface area contributed by atoms with Crippen molar-refractivity contribution in [3.8, 4) is 5.75 Å². The van der Waals surface area contributed by atoms with Crippen molar-refractivity contribution in [1.29, 1.82) is 0 Å². The number of hydrogen-bond acceptors (Lipinski definition) is 6. The third-order valence-electron chi connectivity index (χ3n) is 3.34. The number of nitro groups is 1. The van der Waals surface area contributed by atoms with Gasteiger partial charge in [0.1, 0.15) is 10.6 Å². The predicted molar refractivity (Wildman–Crippen MR) is 73.6 cm³/mol. The molecule has 1 heterocycles. The first-order valence-corrected chi connectivity index (χ1v) is 7.81. The van der Waals surface area contributed by atoms with E-state index in [9.17, 15) is 23.6 Å². The van der Waals surface area contributed by atoms with Crippen LogP contribution in [-0.4, -0.2) is 49.1 Å². The summed E-state index contributed by atoms with van der Waals surface area (Å²) in [6.07, 6.45) is 0.355. The molecule has 0 unspecified atom stereocenters. The van der Waals surface area contributed by atoms with Crippen molar-refractivity contribution in [2.24, 2.45) is 0 Å². The topological polar surface area (TPSA) is 110 Å². The average molecular weight is 316 g/mol. The smallest absolute Gasteiger partial charge is 0.271 e. The quantitative estimate of drug-likeness (QED) is 0.648. The zero-order chi connectivity index (χ0) is 15.6. The molecule has 0 aromatic heterocycles. The number of aliphatic hydroxyl groups excluding tert-OH is 1. The monoisotopic (exact) mass is 316 g/mol. The third kappa shape index (κ3) is 3.14. The Labute approximate surface area is 122 Å². The Morgan fingerprint density at radius 1 is 1.48 bits per heavy atom. The third-order valence-corrected chi connectivity index (χ3v) is 5.22. The standard InChI is InChI=1S/C12H16N2O6S/c1-20-11-5-4-9(14(16)17)7-12(11)21(18,19)13-6-2-3-10(15)8-13/h4-5,7,10,15H,2-3,6,8H2,1H3/t10-/m0/s1. The molecule has 2 rings (SSSR count). The summed E-state index contributed by atoms with van der Waals surface area (Å²) in [5, 5.41) is 20.4. The van der Waals surface area contributed by atoms with Crippen LogP contribution in [0.15, 0.2) is 23.1 Å². The summed E-state index contributed by atoms with van der Waals surface area (Å²) >= 11 is 0. The van der Waals surface area contributed by atoms with Crippen LogP contribution >= 0.6 is 0 Å². The molecule has 1 fully saturated rings. The molecule has 1 atom stereocenters. The van der Waals surface area contributed by atoms with E-state index in [0.717, 1.165) is 10.4 Å². The van der Waals surface area contributed by atoms with E-state index in [2.05, 4.69) is 0 Å². The molecule has 0 saturated carbocycles. The van der Waals surface area contributed by atoms with E-state index < -0.39 is 21.1 Å². The van der Waals surface area contributed by atoms with Crippen LogP contribution in [0.4, 0.5) is 5.69 Å². The van der Waals surface area contributed by atoms with E-state index in [-0.39, 0.29) is 29.4 Å². The Balaban J connectivity index is 2.47. The van der Waals surface area contributed by atoms with E-state index in [1.165, 1.54) is 19.2 Å². The molecule has 116 valence electrons. The van der Waals surface area contributed by atoms with Crippen LogP contribution in [0.3, 0.4) is 0 Å². The highest BCUT2D eigenvalue weighted by atomic mass is 32.2. The number of hydrogen-bond donors (Lipinski definition) is 1. The molecule has 21 heavy (non-hydrogen) atoms. The zero-order valence-electron chi connectivity index (χ0n) is 11.4. The molecule has 9 heteroatoms. The van der Waals surface area contributed by atoms with Crippen molar-refractivity contribution in [1.82, 2.24) is 4.31 Å². The normalized spacial score (nSPS) is 20.2. The van der Waals surface area contributed by atoms with Crippen LogP contribution < -0.4 is 4.74 Å². The van der Waals surface area contributed by atoms with Crippen molar-refractivity contribution in [2.45, 2.75) is 23.8 Å². The van der Waals surface area contributed by atoms with E-state index in [1.54, 1.807) is 0 Å². The first-order chi connectivity index (χ1) is 9.86. The fourth-order valence-corrected chi connectivity index (χ4v) is 3.95. The molecule has 0 spiro atoms. The van der Waals surface area contributed by atoms with Gasteiger partial charge in [0.05, 0.1) is 18.1 Å². The van der Waals surface area contributed by atoms with Gasteiger partial charge < -0.3 is 9.84 Å². The molecule has 0 aliphatic carbocycles. The molecule has 1 aromatic rings. The van der Waals surface area contributed by atoms with Gasteiger partial charge in [0.2, 0.25) is 10.0 Å². The molecular weight excluding hydrogens is 300 g/mol. The van der Waals surface area contributed by atoms with Crippen molar-refractivity contribution >= 4 is 15.7 Å². The second-order valence-electron chi connectivity index (χ2n) is 4.75. The Bertz CT molecular complexity index is 645. The van der Waals surface area contributed by atoms with Crippen LogP contribution in [0.1, 0.15) is 12.8 Å². The summed E-state index contributed by atoms with van der Waals surface area (Å²) in [4.78, 5) is 9.90. The number of piperidine rings is 1. The molecule has 1 saturated heterocycles. The first-order valence-electron chi connectivity index (χ1n) is 6.37. The molecule has 0 amide bonds. The Hall–Kier alpha value is -1.71. The van der Waals surface area contributed by atoms with E-state index in [0.29, 0.717) is 12.8 Å². The van der Waals surface area contributed by atoms with E-state index in [4.69, 9.17) is 4.74 Å². The van der Waals surface area contributed by atoms with Gasteiger partial charge in [-0.05, 0) is 18.9 Å². The lowest BCUT2D eigenvalue weighted by Crippen LogP contribution is -2.42. The van der Waals surface area contributed by atoms with Gasteiger partial charge in [0, 0.05) is 25.2 Å². The summed E-state index contributed by atoms with van der Waals surface area (Å²) in [6, 6.07) is 3.42. The van der Waals surface area contributed by atoms with Gasteiger partial charge >= 0.3 is 0 Å². The molecular formula is C12H16N2O6S. The number of nitrogens with zero attached hydrogens (tertiary/aromatic N) is 2. The van der Waals surface area contributed by atoms with Crippen LogP contribution in [0.25, 0.3) is 0 Å².